The average Bonchev–Trinajstić information content (AvgIpc) is 3.20. The molecular formula is C20H19N3O2S2. The largest absolute Gasteiger partial charge is 0.325 e. The number of rotatable bonds is 4. The summed E-state index contributed by atoms with van der Waals surface area (Å²) in [6.45, 7) is 1.69. The minimum Gasteiger partial charge on any atom is -0.325 e. The summed E-state index contributed by atoms with van der Waals surface area (Å²) >= 11 is 3.85. The SMILES string of the molecule is Cc1nc2ccccc2c(=O)n1CC(=O)Nc1cccc(C2SCCS2)c1. The van der Waals surface area contributed by atoms with Gasteiger partial charge in [0.15, 0.2) is 0 Å². The number of anilines is 1. The van der Waals surface area contributed by atoms with Crippen molar-refractivity contribution in [2.24, 2.45) is 0 Å². The van der Waals surface area contributed by atoms with E-state index in [0.717, 1.165) is 17.2 Å². The lowest BCUT2D eigenvalue weighted by molar-refractivity contribution is -0.116. The number of nitrogens with zero attached hydrogens (tertiary/aromatic N) is 2. The summed E-state index contributed by atoms with van der Waals surface area (Å²) < 4.78 is 1.85. The molecule has 0 unspecified atom stereocenters. The van der Waals surface area contributed by atoms with Crippen LogP contribution in [-0.2, 0) is 11.3 Å². The van der Waals surface area contributed by atoms with Gasteiger partial charge >= 0.3 is 0 Å². The van der Waals surface area contributed by atoms with E-state index in [4.69, 9.17) is 0 Å². The molecule has 0 bridgehead atoms. The molecule has 0 atom stereocenters. The number of nitrogens with one attached hydrogen (secondary N) is 1. The smallest absolute Gasteiger partial charge is 0.261 e. The van der Waals surface area contributed by atoms with Crippen LogP contribution in [0.1, 0.15) is 16.0 Å². The van der Waals surface area contributed by atoms with E-state index in [1.54, 1.807) is 25.1 Å². The number of hydrogen-bond acceptors (Lipinski definition) is 5. The first-order chi connectivity index (χ1) is 13.1. The molecule has 4 rings (SSSR count). The van der Waals surface area contributed by atoms with E-state index in [1.165, 1.54) is 10.1 Å². The van der Waals surface area contributed by atoms with Crippen LogP contribution in [0.3, 0.4) is 0 Å². The van der Waals surface area contributed by atoms with Crippen molar-refractivity contribution in [1.29, 1.82) is 0 Å². The van der Waals surface area contributed by atoms with Crippen LogP contribution >= 0.6 is 23.5 Å². The fourth-order valence-corrected chi connectivity index (χ4v) is 5.96. The lowest BCUT2D eigenvalue weighted by Gasteiger charge is -2.13. The van der Waals surface area contributed by atoms with Crippen LogP contribution in [0.2, 0.25) is 0 Å². The van der Waals surface area contributed by atoms with Gasteiger partial charge in [0.1, 0.15) is 12.4 Å². The third-order valence-corrected chi connectivity index (χ3v) is 7.52. The quantitative estimate of drug-likeness (QED) is 0.725. The number of hydrogen-bond donors (Lipinski definition) is 1. The van der Waals surface area contributed by atoms with Crippen molar-refractivity contribution in [3.63, 3.8) is 0 Å². The Morgan fingerprint density at radius 2 is 1.96 bits per heavy atom. The molecule has 138 valence electrons. The summed E-state index contributed by atoms with van der Waals surface area (Å²) in [4.78, 5) is 29.7. The standard InChI is InChI=1S/C20H19N3O2S2/c1-13-21-17-8-3-2-7-16(17)19(25)23(13)12-18(24)22-15-6-4-5-14(11-15)20-26-9-10-27-20/h2-8,11,20H,9-10,12H2,1H3,(H,22,24). The number of benzene rings is 2. The molecule has 1 N–H and O–H groups in total. The van der Waals surface area contributed by atoms with Gasteiger partial charge in [-0.15, -0.1) is 23.5 Å². The number of fused-ring (bicyclic) bond motifs is 1. The van der Waals surface area contributed by atoms with Gasteiger partial charge in [-0.25, -0.2) is 4.98 Å². The Bertz CT molecular complexity index is 1060. The molecular weight excluding hydrogens is 378 g/mol. The summed E-state index contributed by atoms with van der Waals surface area (Å²) in [7, 11) is 0. The number of carbonyl (C=O) groups excluding carboxylic acids is 1. The van der Waals surface area contributed by atoms with Crippen LogP contribution < -0.4 is 10.9 Å². The molecule has 0 saturated carbocycles. The summed E-state index contributed by atoms with van der Waals surface area (Å²) in [5.41, 5.74) is 2.42. The maximum atomic E-state index is 12.7. The van der Waals surface area contributed by atoms with Crippen molar-refractivity contribution in [3.8, 4) is 0 Å². The van der Waals surface area contributed by atoms with Crippen molar-refractivity contribution in [2.45, 2.75) is 18.1 Å². The minimum atomic E-state index is -0.235. The highest BCUT2D eigenvalue weighted by atomic mass is 32.2. The normalized spacial score (nSPS) is 14.6. The van der Waals surface area contributed by atoms with E-state index in [9.17, 15) is 9.59 Å². The first-order valence-corrected chi connectivity index (χ1v) is 10.8. The van der Waals surface area contributed by atoms with Crippen LogP contribution in [0.4, 0.5) is 5.69 Å². The van der Waals surface area contributed by atoms with Gasteiger partial charge in [0.05, 0.1) is 15.5 Å². The number of carbonyl (C=O) groups is 1. The monoisotopic (exact) mass is 397 g/mol. The summed E-state index contributed by atoms with van der Waals surface area (Å²) in [6.07, 6.45) is 0. The maximum Gasteiger partial charge on any atom is 0.261 e. The highest BCUT2D eigenvalue weighted by Crippen LogP contribution is 2.45. The summed E-state index contributed by atoms with van der Waals surface area (Å²) in [5.74, 6) is 2.61. The fourth-order valence-electron chi connectivity index (χ4n) is 3.12. The lowest BCUT2D eigenvalue weighted by atomic mass is 10.2. The van der Waals surface area contributed by atoms with Crippen LogP contribution in [0.5, 0.6) is 0 Å². The summed E-state index contributed by atoms with van der Waals surface area (Å²) in [5, 5.41) is 3.43. The molecule has 0 radical (unpaired) electrons. The van der Waals surface area contributed by atoms with Gasteiger partial charge in [-0.05, 0) is 36.8 Å². The van der Waals surface area contributed by atoms with Crippen LogP contribution in [0.15, 0.2) is 53.3 Å². The number of para-hydroxylation sites is 1. The first-order valence-electron chi connectivity index (χ1n) is 8.71. The second-order valence-electron chi connectivity index (χ2n) is 6.31. The van der Waals surface area contributed by atoms with Crippen LogP contribution in [0, 0.1) is 6.92 Å². The van der Waals surface area contributed by atoms with Gasteiger partial charge in [0.25, 0.3) is 5.56 Å². The fraction of sp³-hybridized carbons (Fsp3) is 0.250. The molecule has 2 heterocycles. The lowest BCUT2D eigenvalue weighted by Crippen LogP contribution is -2.30. The Balaban J connectivity index is 1.54. The molecule has 1 amide bonds. The number of amides is 1. The van der Waals surface area contributed by atoms with E-state index < -0.39 is 0 Å². The van der Waals surface area contributed by atoms with E-state index in [2.05, 4.69) is 16.4 Å². The summed E-state index contributed by atoms with van der Waals surface area (Å²) in [6, 6.07) is 15.1. The Kier molecular flexibility index (Phi) is 5.22. The predicted octanol–water partition coefficient (Wildman–Crippen LogP) is 3.82. The molecule has 1 fully saturated rings. The molecule has 27 heavy (non-hydrogen) atoms. The molecule has 1 aromatic heterocycles. The average molecular weight is 398 g/mol. The minimum absolute atomic E-state index is 0.0559. The highest BCUT2D eigenvalue weighted by Gasteiger charge is 2.18. The van der Waals surface area contributed by atoms with E-state index in [0.29, 0.717) is 21.3 Å². The third-order valence-electron chi connectivity index (χ3n) is 4.42. The maximum absolute atomic E-state index is 12.7. The molecule has 1 aliphatic rings. The van der Waals surface area contributed by atoms with Crippen molar-refractivity contribution < 1.29 is 4.79 Å². The van der Waals surface area contributed by atoms with E-state index >= 15 is 0 Å². The van der Waals surface area contributed by atoms with E-state index in [-0.39, 0.29) is 18.0 Å². The molecule has 7 heteroatoms. The Hall–Kier alpha value is -2.25. The highest BCUT2D eigenvalue weighted by molar-refractivity contribution is 8.19. The van der Waals surface area contributed by atoms with Crippen molar-refractivity contribution >= 4 is 46.0 Å². The van der Waals surface area contributed by atoms with Gasteiger partial charge in [0, 0.05) is 17.2 Å². The van der Waals surface area contributed by atoms with Gasteiger partial charge in [-0.1, -0.05) is 24.3 Å². The second kappa shape index (κ2) is 7.78. The van der Waals surface area contributed by atoms with Gasteiger partial charge in [0.2, 0.25) is 5.91 Å². The van der Waals surface area contributed by atoms with E-state index in [1.807, 2.05) is 47.8 Å². The van der Waals surface area contributed by atoms with Gasteiger partial charge in [-0.2, -0.15) is 0 Å². The van der Waals surface area contributed by atoms with Crippen molar-refractivity contribution in [3.05, 3.63) is 70.3 Å². The molecule has 0 spiro atoms. The van der Waals surface area contributed by atoms with Gasteiger partial charge < -0.3 is 5.32 Å². The second-order valence-corrected chi connectivity index (χ2v) is 9.04. The van der Waals surface area contributed by atoms with Crippen LogP contribution in [-0.4, -0.2) is 27.0 Å². The van der Waals surface area contributed by atoms with Crippen LogP contribution in [0.25, 0.3) is 10.9 Å². The molecule has 3 aromatic rings. The zero-order valence-corrected chi connectivity index (χ0v) is 16.5. The topological polar surface area (TPSA) is 64.0 Å². The molecule has 5 nitrogen and oxygen atoms in total. The molecule has 2 aromatic carbocycles. The third kappa shape index (κ3) is 3.89. The van der Waals surface area contributed by atoms with Crippen molar-refractivity contribution in [2.75, 3.05) is 16.8 Å². The number of aromatic nitrogens is 2. The molecule has 1 aliphatic heterocycles. The predicted molar refractivity (Wildman–Crippen MR) is 113 cm³/mol. The van der Waals surface area contributed by atoms with Crippen molar-refractivity contribution in [1.82, 2.24) is 9.55 Å². The number of aryl methyl sites for hydroxylation is 1. The Morgan fingerprint density at radius 3 is 2.78 bits per heavy atom. The first kappa shape index (κ1) is 18.1. The molecule has 1 saturated heterocycles. The molecule has 0 aliphatic carbocycles. The van der Waals surface area contributed by atoms with Gasteiger partial charge in [-0.3, -0.25) is 14.2 Å². The Morgan fingerprint density at radius 1 is 1.19 bits per heavy atom. The Labute approximate surface area is 165 Å². The zero-order valence-electron chi connectivity index (χ0n) is 14.8. The zero-order chi connectivity index (χ0) is 18.8. The number of thioether (sulfide) groups is 2.